The highest BCUT2D eigenvalue weighted by Gasteiger charge is 2.37. The van der Waals surface area contributed by atoms with E-state index in [-0.39, 0.29) is 36.5 Å². The van der Waals surface area contributed by atoms with E-state index in [0.717, 1.165) is 43.0 Å². The molecule has 0 aliphatic carbocycles. The third-order valence-corrected chi connectivity index (χ3v) is 4.44. The van der Waals surface area contributed by atoms with Gasteiger partial charge in [-0.2, -0.15) is 0 Å². The number of nitrogens with zero attached hydrogens (tertiary/aromatic N) is 1. The van der Waals surface area contributed by atoms with Gasteiger partial charge in [0.1, 0.15) is 23.4 Å². The van der Waals surface area contributed by atoms with Crippen LogP contribution in [0.4, 0.5) is 14.5 Å². The fourth-order valence-electron chi connectivity index (χ4n) is 3.16. The molecule has 0 radical (unpaired) electrons. The van der Waals surface area contributed by atoms with Crippen molar-refractivity contribution < 1.29 is 18.4 Å². The molecule has 0 spiro atoms. The largest absolute Gasteiger partial charge is 0.344 e. The first kappa shape index (κ1) is 18.6. The van der Waals surface area contributed by atoms with Crippen molar-refractivity contribution in [1.29, 1.82) is 0 Å². The Bertz CT molecular complexity index is 603. The number of para-hydroxylation sites is 1. The van der Waals surface area contributed by atoms with Crippen molar-refractivity contribution in [1.82, 2.24) is 10.6 Å². The van der Waals surface area contributed by atoms with Crippen LogP contribution in [0.5, 0.6) is 0 Å². The number of carbonyl (C=O) groups excluding carboxylic acids is 2. The van der Waals surface area contributed by atoms with Gasteiger partial charge in [0.25, 0.3) is 0 Å². The average Bonchev–Trinajstić information content (AvgIpc) is 2.89. The normalized spacial score (nSPS) is 21.5. The molecule has 2 heterocycles. The van der Waals surface area contributed by atoms with Crippen LogP contribution in [0.1, 0.15) is 19.3 Å². The minimum absolute atomic E-state index is 0. The number of carbonyl (C=O) groups is 2. The molecule has 0 aromatic heterocycles. The van der Waals surface area contributed by atoms with E-state index >= 15 is 0 Å². The van der Waals surface area contributed by atoms with Gasteiger partial charge in [0.15, 0.2) is 0 Å². The van der Waals surface area contributed by atoms with E-state index in [9.17, 15) is 18.4 Å². The molecule has 132 valence electrons. The second kappa shape index (κ2) is 7.90. The maximum atomic E-state index is 13.8. The molecule has 1 atom stereocenters. The standard InChI is InChI=1S/C16H19F2N3O2.ClH/c17-11-2-1-3-12(18)14(11)21-9-6-13(16(21)23)20-15(22)10-4-7-19-8-5-10;/h1-3,10,13,19H,4-9H2,(H,20,22);1H. The molecular formula is C16H20ClF2N3O2. The second-order valence-corrected chi connectivity index (χ2v) is 5.93. The molecule has 1 aromatic rings. The van der Waals surface area contributed by atoms with Gasteiger partial charge < -0.3 is 15.5 Å². The first-order valence-electron chi connectivity index (χ1n) is 7.84. The highest BCUT2D eigenvalue weighted by Crippen LogP contribution is 2.27. The van der Waals surface area contributed by atoms with Gasteiger partial charge in [-0.05, 0) is 44.5 Å². The summed E-state index contributed by atoms with van der Waals surface area (Å²) in [5.41, 5.74) is -0.337. The molecule has 24 heavy (non-hydrogen) atoms. The number of hydrogen-bond acceptors (Lipinski definition) is 3. The number of amides is 2. The Morgan fingerprint density at radius 3 is 2.42 bits per heavy atom. The van der Waals surface area contributed by atoms with Gasteiger partial charge in [-0.15, -0.1) is 12.4 Å². The fourth-order valence-corrected chi connectivity index (χ4v) is 3.16. The summed E-state index contributed by atoms with van der Waals surface area (Å²) in [6.45, 7) is 1.75. The van der Waals surface area contributed by atoms with Crippen LogP contribution in [0, 0.1) is 17.6 Å². The Morgan fingerprint density at radius 1 is 1.17 bits per heavy atom. The molecule has 2 amide bonds. The number of nitrogens with one attached hydrogen (secondary N) is 2. The number of benzene rings is 1. The SMILES string of the molecule is Cl.O=C(NC1CCN(c2c(F)cccc2F)C1=O)C1CCNCC1. The molecule has 8 heteroatoms. The van der Waals surface area contributed by atoms with E-state index in [2.05, 4.69) is 10.6 Å². The van der Waals surface area contributed by atoms with E-state index in [1.165, 1.54) is 6.07 Å². The second-order valence-electron chi connectivity index (χ2n) is 5.93. The molecule has 2 aliphatic rings. The number of piperidine rings is 1. The lowest BCUT2D eigenvalue weighted by Gasteiger charge is -2.23. The van der Waals surface area contributed by atoms with Crippen molar-refractivity contribution >= 4 is 29.9 Å². The van der Waals surface area contributed by atoms with E-state index < -0.39 is 23.6 Å². The predicted molar refractivity (Wildman–Crippen MR) is 88.1 cm³/mol. The molecule has 2 saturated heterocycles. The van der Waals surface area contributed by atoms with Crippen LogP contribution in [0.25, 0.3) is 0 Å². The first-order chi connectivity index (χ1) is 11.1. The molecule has 1 aromatic carbocycles. The van der Waals surface area contributed by atoms with E-state index in [1.54, 1.807) is 0 Å². The van der Waals surface area contributed by atoms with Crippen molar-refractivity contribution in [2.75, 3.05) is 24.5 Å². The first-order valence-corrected chi connectivity index (χ1v) is 7.84. The van der Waals surface area contributed by atoms with E-state index in [1.807, 2.05) is 0 Å². The molecule has 0 bridgehead atoms. The Balaban J connectivity index is 0.00000208. The van der Waals surface area contributed by atoms with Crippen molar-refractivity contribution in [3.8, 4) is 0 Å². The van der Waals surface area contributed by atoms with Gasteiger partial charge in [0, 0.05) is 12.5 Å². The average molecular weight is 360 g/mol. The van der Waals surface area contributed by atoms with Crippen LogP contribution in [0.15, 0.2) is 18.2 Å². The summed E-state index contributed by atoms with van der Waals surface area (Å²) in [5, 5.41) is 5.91. The zero-order valence-electron chi connectivity index (χ0n) is 13.1. The lowest BCUT2D eigenvalue weighted by Crippen LogP contribution is -2.46. The number of anilines is 1. The molecule has 1 unspecified atom stereocenters. The molecule has 3 rings (SSSR count). The maximum Gasteiger partial charge on any atom is 0.249 e. The summed E-state index contributed by atoms with van der Waals surface area (Å²) < 4.78 is 27.7. The Morgan fingerprint density at radius 2 is 1.79 bits per heavy atom. The summed E-state index contributed by atoms with van der Waals surface area (Å²) in [4.78, 5) is 25.7. The van der Waals surface area contributed by atoms with Crippen LogP contribution in [-0.4, -0.2) is 37.5 Å². The Kier molecular flexibility index (Phi) is 6.12. The fraction of sp³-hybridized carbons (Fsp3) is 0.500. The summed E-state index contributed by atoms with van der Waals surface area (Å²) in [6, 6.07) is 2.78. The van der Waals surface area contributed by atoms with Crippen LogP contribution >= 0.6 is 12.4 Å². The van der Waals surface area contributed by atoms with Crippen LogP contribution in [0.2, 0.25) is 0 Å². The van der Waals surface area contributed by atoms with Crippen molar-refractivity contribution in [3.05, 3.63) is 29.8 Å². The number of hydrogen-bond donors (Lipinski definition) is 2. The summed E-state index contributed by atoms with van der Waals surface area (Å²) in [7, 11) is 0. The van der Waals surface area contributed by atoms with Crippen LogP contribution < -0.4 is 15.5 Å². The molecule has 2 N–H and O–H groups in total. The monoisotopic (exact) mass is 359 g/mol. The van der Waals surface area contributed by atoms with E-state index in [0.29, 0.717) is 6.42 Å². The van der Waals surface area contributed by atoms with Gasteiger partial charge >= 0.3 is 0 Å². The summed E-state index contributed by atoms with van der Waals surface area (Å²) >= 11 is 0. The van der Waals surface area contributed by atoms with Crippen LogP contribution in [-0.2, 0) is 9.59 Å². The predicted octanol–water partition coefficient (Wildman–Crippen LogP) is 1.61. The molecule has 2 fully saturated rings. The van der Waals surface area contributed by atoms with Gasteiger partial charge in [-0.25, -0.2) is 8.78 Å². The van der Waals surface area contributed by atoms with Gasteiger partial charge in [0.2, 0.25) is 11.8 Å². The molecular weight excluding hydrogens is 340 g/mol. The Labute approximate surface area is 145 Å². The number of halogens is 3. The highest BCUT2D eigenvalue weighted by atomic mass is 35.5. The van der Waals surface area contributed by atoms with Gasteiger partial charge in [0.05, 0.1) is 0 Å². The summed E-state index contributed by atoms with van der Waals surface area (Å²) in [5.74, 6) is -2.27. The van der Waals surface area contributed by atoms with Crippen molar-refractivity contribution in [2.24, 2.45) is 5.92 Å². The van der Waals surface area contributed by atoms with Gasteiger partial charge in [-0.3, -0.25) is 9.59 Å². The quantitative estimate of drug-likeness (QED) is 0.862. The Hall–Kier alpha value is -1.73. The molecule has 5 nitrogen and oxygen atoms in total. The lowest BCUT2D eigenvalue weighted by molar-refractivity contribution is -0.129. The third kappa shape index (κ3) is 3.67. The smallest absolute Gasteiger partial charge is 0.249 e. The van der Waals surface area contributed by atoms with Crippen LogP contribution in [0.3, 0.4) is 0 Å². The summed E-state index contributed by atoms with van der Waals surface area (Å²) in [6.07, 6.45) is 1.82. The van der Waals surface area contributed by atoms with Crippen molar-refractivity contribution in [3.63, 3.8) is 0 Å². The maximum absolute atomic E-state index is 13.8. The van der Waals surface area contributed by atoms with Crippen molar-refractivity contribution in [2.45, 2.75) is 25.3 Å². The lowest BCUT2D eigenvalue weighted by atomic mass is 9.97. The van der Waals surface area contributed by atoms with Gasteiger partial charge in [-0.1, -0.05) is 6.07 Å². The van der Waals surface area contributed by atoms with E-state index in [4.69, 9.17) is 0 Å². The minimum Gasteiger partial charge on any atom is -0.344 e. The molecule has 2 aliphatic heterocycles. The third-order valence-electron chi connectivity index (χ3n) is 4.44. The number of rotatable bonds is 3. The zero-order chi connectivity index (χ0) is 16.4. The highest BCUT2D eigenvalue weighted by molar-refractivity contribution is 6.01. The topological polar surface area (TPSA) is 61.4 Å². The molecule has 0 saturated carbocycles. The zero-order valence-corrected chi connectivity index (χ0v) is 13.9. The minimum atomic E-state index is -0.774.